The summed E-state index contributed by atoms with van der Waals surface area (Å²) in [5, 5.41) is 0. The van der Waals surface area contributed by atoms with Crippen LogP contribution in [0.5, 0.6) is 0 Å². The Kier molecular flexibility index (Phi) is 5.09. The monoisotopic (exact) mass is 283 g/mol. The molecule has 0 spiro atoms. The lowest BCUT2D eigenvalue weighted by molar-refractivity contribution is 0.0600. The molecular formula is C18H21NO2. The fourth-order valence-electron chi connectivity index (χ4n) is 2.44. The summed E-state index contributed by atoms with van der Waals surface area (Å²) < 4.78 is 4.98. The van der Waals surface area contributed by atoms with Gasteiger partial charge in [-0.15, -0.1) is 0 Å². The van der Waals surface area contributed by atoms with Crippen LogP contribution in [-0.4, -0.2) is 18.1 Å². The number of hydrogen-bond acceptors (Lipinski definition) is 3. The smallest absolute Gasteiger partial charge is 0.340 e. The van der Waals surface area contributed by atoms with Gasteiger partial charge in [-0.3, -0.25) is 4.98 Å². The summed E-state index contributed by atoms with van der Waals surface area (Å²) in [6.45, 7) is 4.10. The first-order chi connectivity index (χ1) is 10.2. The highest BCUT2D eigenvalue weighted by Crippen LogP contribution is 2.27. The minimum absolute atomic E-state index is 0.313. The zero-order valence-corrected chi connectivity index (χ0v) is 12.8. The van der Waals surface area contributed by atoms with E-state index in [4.69, 9.17) is 4.74 Å². The van der Waals surface area contributed by atoms with Gasteiger partial charge in [0, 0.05) is 11.3 Å². The quantitative estimate of drug-likeness (QED) is 0.772. The second kappa shape index (κ2) is 7.02. The molecule has 0 atom stereocenters. The van der Waals surface area contributed by atoms with Crippen molar-refractivity contribution in [1.82, 2.24) is 4.98 Å². The molecule has 0 amide bonds. The summed E-state index contributed by atoms with van der Waals surface area (Å²) in [5.74, 6) is -0.313. The van der Waals surface area contributed by atoms with Crippen LogP contribution >= 0.6 is 0 Å². The molecule has 0 N–H and O–H groups in total. The molecule has 0 unspecified atom stereocenters. The van der Waals surface area contributed by atoms with Gasteiger partial charge in [0.05, 0.1) is 18.4 Å². The van der Waals surface area contributed by atoms with E-state index >= 15 is 0 Å². The maximum Gasteiger partial charge on any atom is 0.340 e. The number of carbonyl (C=O) groups is 1. The number of ether oxygens (including phenoxy) is 1. The van der Waals surface area contributed by atoms with Crippen molar-refractivity contribution in [3.63, 3.8) is 0 Å². The van der Waals surface area contributed by atoms with Gasteiger partial charge < -0.3 is 4.74 Å². The van der Waals surface area contributed by atoms with Crippen molar-refractivity contribution < 1.29 is 9.53 Å². The van der Waals surface area contributed by atoms with Crippen LogP contribution in [0.2, 0.25) is 0 Å². The van der Waals surface area contributed by atoms with Gasteiger partial charge in [-0.05, 0) is 31.4 Å². The Morgan fingerprint density at radius 1 is 1.24 bits per heavy atom. The Morgan fingerprint density at radius 3 is 2.57 bits per heavy atom. The minimum Gasteiger partial charge on any atom is -0.465 e. The number of aromatic nitrogens is 1. The zero-order chi connectivity index (χ0) is 15.2. The van der Waals surface area contributed by atoms with Crippen molar-refractivity contribution in [2.24, 2.45) is 0 Å². The average Bonchev–Trinajstić information content (AvgIpc) is 2.52. The first-order valence-electron chi connectivity index (χ1n) is 7.31. The first-order valence-corrected chi connectivity index (χ1v) is 7.31. The Morgan fingerprint density at radius 2 is 1.95 bits per heavy atom. The first kappa shape index (κ1) is 15.2. The summed E-state index contributed by atoms with van der Waals surface area (Å²) in [6.07, 6.45) is 2.99. The Hall–Kier alpha value is -2.16. The number of esters is 1. The van der Waals surface area contributed by atoms with E-state index in [0.717, 1.165) is 36.1 Å². The standard InChI is InChI=1S/C18H21NO2/c1-4-5-9-15-12-13(2)19-17(16(15)18(20)21-3)14-10-7-6-8-11-14/h6-8,10-12H,4-5,9H2,1-3H3. The van der Waals surface area contributed by atoms with Gasteiger partial charge in [0.1, 0.15) is 0 Å². The number of benzene rings is 1. The van der Waals surface area contributed by atoms with Crippen molar-refractivity contribution in [2.45, 2.75) is 33.1 Å². The van der Waals surface area contributed by atoms with Crippen LogP contribution in [0.4, 0.5) is 0 Å². The Labute approximate surface area is 126 Å². The number of hydrogen-bond donors (Lipinski definition) is 0. The molecule has 0 aliphatic heterocycles. The van der Waals surface area contributed by atoms with E-state index in [9.17, 15) is 4.79 Å². The van der Waals surface area contributed by atoms with Gasteiger partial charge in [-0.1, -0.05) is 43.7 Å². The molecule has 2 aromatic rings. The maximum atomic E-state index is 12.2. The van der Waals surface area contributed by atoms with E-state index in [1.807, 2.05) is 43.3 Å². The van der Waals surface area contributed by atoms with Gasteiger partial charge in [-0.2, -0.15) is 0 Å². The number of rotatable bonds is 5. The van der Waals surface area contributed by atoms with Crippen LogP contribution in [0, 0.1) is 6.92 Å². The molecule has 1 aromatic carbocycles. The summed E-state index contributed by atoms with van der Waals surface area (Å²) in [7, 11) is 1.42. The van der Waals surface area contributed by atoms with E-state index in [-0.39, 0.29) is 5.97 Å². The van der Waals surface area contributed by atoms with Crippen LogP contribution in [-0.2, 0) is 11.2 Å². The second-order valence-corrected chi connectivity index (χ2v) is 5.11. The van der Waals surface area contributed by atoms with E-state index in [0.29, 0.717) is 11.3 Å². The molecule has 0 radical (unpaired) electrons. The van der Waals surface area contributed by atoms with Gasteiger partial charge in [-0.25, -0.2) is 4.79 Å². The van der Waals surface area contributed by atoms with Crippen LogP contribution in [0.25, 0.3) is 11.3 Å². The fraction of sp³-hybridized carbons (Fsp3) is 0.333. The molecule has 0 fully saturated rings. The molecule has 1 heterocycles. The molecule has 2 rings (SSSR count). The number of carbonyl (C=O) groups excluding carboxylic acids is 1. The average molecular weight is 283 g/mol. The molecule has 21 heavy (non-hydrogen) atoms. The summed E-state index contributed by atoms with van der Waals surface area (Å²) in [4.78, 5) is 16.8. The Bertz CT molecular complexity index is 621. The summed E-state index contributed by atoms with van der Waals surface area (Å²) >= 11 is 0. The topological polar surface area (TPSA) is 39.2 Å². The summed E-state index contributed by atoms with van der Waals surface area (Å²) in [6, 6.07) is 11.8. The van der Waals surface area contributed by atoms with Crippen molar-refractivity contribution in [3.8, 4) is 11.3 Å². The van der Waals surface area contributed by atoms with Crippen molar-refractivity contribution in [2.75, 3.05) is 7.11 Å². The molecule has 0 saturated heterocycles. The van der Waals surface area contributed by atoms with Crippen molar-refractivity contribution in [3.05, 3.63) is 53.2 Å². The third kappa shape index (κ3) is 3.48. The lowest BCUT2D eigenvalue weighted by Crippen LogP contribution is -2.10. The van der Waals surface area contributed by atoms with Gasteiger partial charge >= 0.3 is 5.97 Å². The molecule has 0 saturated carbocycles. The van der Waals surface area contributed by atoms with Gasteiger partial charge in [0.2, 0.25) is 0 Å². The molecule has 1 aromatic heterocycles. The lowest BCUT2D eigenvalue weighted by Gasteiger charge is -2.14. The van der Waals surface area contributed by atoms with Crippen LogP contribution < -0.4 is 0 Å². The number of unbranched alkanes of at least 4 members (excludes halogenated alkanes) is 1. The van der Waals surface area contributed by atoms with E-state index in [1.54, 1.807) is 0 Å². The minimum atomic E-state index is -0.313. The van der Waals surface area contributed by atoms with Crippen LogP contribution in [0.1, 0.15) is 41.4 Å². The zero-order valence-electron chi connectivity index (χ0n) is 12.8. The lowest BCUT2D eigenvalue weighted by atomic mass is 9.96. The molecule has 110 valence electrons. The third-order valence-corrected chi connectivity index (χ3v) is 3.47. The van der Waals surface area contributed by atoms with Crippen molar-refractivity contribution in [1.29, 1.82) is 0 Å². The number of aryl methyl sites for hydroxylation is 2. The van der Waals surface area contributed by atoms with E-state index in [1.165, 1.54) is 7.11 Å². The molecular weight excluding hydrogens is 262 g/mol. The predicted octanol–water partition coefficient (Wildman–Crippen LogP) is 4.19. The predicted molar refractivity (Wildman–Crippen MR) is 84.4 cm³/mol. The van der Waals surface area contributed by atoms with Crippen molar-refractivity contribution >= 4 is 5.97 Å². The van der Waals surface area contributed by atoms with Gasteiger partial charge in [0.15, 0.2) is 0 Å². The normalized spacial score (nSPS) is 10.4. The van der Waals surface area contributed by atoms with Gasteiger partial charge in [0.25, 0.3) is 0 Å². The Balaban J connectivity index is 2.62. The summed E-state index contributed by atoms with van der Waals surface area (Å²) in [5.41, 5.74) is 4.21. The molecule has 3 nitrogen and oxygen atoms in total. The van der Waals surface area contributed by atoms with Crippen LogP contribution in [0.15, 0.2) is 36.4 Å². The highest BCUT2D eigenvalue weighted by Gasteiger charge is 2.20. The van der Waals surface area contributed by atoms with Crippen LogP contribution in [0.3, 0.4) is 0 Å². The molecule has 0 bridgehead atoms. The fourth-order valence-corrected chi connectivity index (χ4v) is 2.44. The second-order valence-electron chi connectivity index (χ2n) is 5.11. The molecule has 0 aliphatic rings. The largest absolute Gasteiger partial charge is 0.465 e. The SMILES string of the molecule is CCCCc1cc(C)nc(-c2ccccc2)c1C(=O)OC. The third-order valence-electron chi connectivity index (χ3n) is 3.47. The maximum absolute atomic E-state index is 12.2. The van der Waals surface area contributed by atoms with E-state index in [2.05, 4.69) is 11.9 Å². The number of nitrogens with zero attached hydrogens (tertiary/aromatic N) is 1. The number of methoxy groups -OCH3 is 1. The highest BCUT2D eigenvalue weighted by molar-refractivity contribution is 5.97. The van der Waals surface area contributed by atoms with E-state index < -0.39 is 0 Å². The molecule has 0 aliphatic carbocycles. The highest BCUT2D eigenvalue weighted by atomic mass is 16.5. The number of pyridine rings is 1. The molecule has 3 heteroatoms.